The Morgan fingerprint density at radius 2 is 1.63 bits per heavy atom. The van der Waals surface area contributed by atoms with E-state index in [1.807, 2.05) is 23.1 Å². The molecule has 1 aliphatic heterocycles. The van der Waals surface area contributed by atoms with Crippen LogP contribution in [0.3, 0.4) is 0 Å². The van der Waals surface area contributed by atoms with E-state index in [0.29, 0.717) is 11.3 Å². The number of benzene rings is 2. The molecule has 0 aliphatic carbocycles. The predicted molar refractivity (Wildman–Crippen MR) is 117 cm³/mol. The molecule has 0 aromatic heterocycles. The zero-order valence-corrected chi connectivity index (χ0v) is 17.4. The van der Waals surface area contributed by atoms with Crippen LogP contribution in [0.15, 0.2) is 60.0 Å². The Hall–Kier alpha value is -3.13. The number of carbonyl (C=O) groups is 2. The van der Waals surface area contributed by atoms with Crippen molar-refractivity contribution in [2.75, 3.05) is 24.4 Å². The summed E-state index contributed by atoms with van der Waals surface area (Å²) in [6.07, 6.45) is 3.86. The fraction of sp³-hybridized carbons (Fsp3) is 0.273. The van der Waals surface area contributed by atoms with Crippen LogP contribution in [0.1, 0.15) is 35.2 Å². The molecule has 2 N–H and O–H groups in total. The van der Waals surface area contributed by atoms with Crippen molar-refractivity contribution in [3.63, 3.8) is 0 Å². The summed E-state index contributed by atoms with van der Waals surface area (Å²) in [7, 11) is -3.67. The smallest absolute Gasteiger partial charge is 0.255 e. The number of anilines is 1. The van der Waals surface area contributed by atoms with Crippen molar-refractivity contribution in [1.29, 1.82) is 0 Å². The van der Waals surface area contributed by atoms with Gasteiger partial charge in [0.25, 0.3) is 15.9 Å². The minimum Gasteiger partial charge on any atom is -0.352 e. The van der Waals surface area contributed by atoms with Gasteiger partial charge in [-0.3, -0.25) is 14.3 Å². The molecule has 0 saturated carbocycles. The van der Waals surface area contributed by atoms with Gasteiger partial charge < -0.3 is 10.2 Å². The molecule has 7 nitrogen and oxygen atoms in total. The first-order valence-electron chi connectivity index (χ1n) is 9.85. The van der Waals surface area contributed by atoms with Gasteiger partial charge in [-0.15, -0.1) is 0 Å². The number of hydrogen-bond acceptors (Lipinski definition) is 4. The Labute approximate surface area is 176 Å². The van der Waals surface area contributed by atoms with E-state index in [1.165, 1.54) is 30.3 Å². The molecule has 158 valence electrons. The molecule has 1 heterocycles. The maximum atomic E-state index is 12.2. The lowest BCUT2D eigenvalue weighted by atomic mass is 10.2. The summed E-state index contributed by atoms with van der Waals surface area (Å²) in [5.41, 5.74) is 1.53. The van der Waals surface area contributed by atoms with Crippen LogP contribution < -0.4 is 10.0 Å². The number of nitrogens with zero attached hydrogens (tertiary/aromatic N) is 1. The highest BCUT2D eigenvalue weighted by Gasteiger charge is 2.17. The highest BCUT2D eigenvalue weighted by atomic mass is 32.2. The van der Waals surface area contributed by atoms with E-state index in [0.717, 1.165) is 36.9 Å². The van der Waals surface area contributed by atoms with Gasteiger partial charge in [-0.05, 0) is 48.7 Å². The van der Waals surface area contributed by atoms with Gasteiger partial charge in [0, 0.05) is 37.3 Å². The second-order valence-electron chi connectivity index (χ2n) is 7.03. The molecule has 1 aliphatic rings. The number of rotatable bonds is 8. The Morgan fingerprint density at radius 1 is 0.967 bits per heavy atom. The minimum atomic E-state index is -3.67. The van der Waals surface area contributed by atoms with Crippen molar-refractivity contribution in [2.45, 2.75) is 19.3 Å². The molecule has 0 unspecified atom stereocenters. The highest BCUT2D eigenvalue weighted by molar-refractivity contribution is 7.95. The molecule has 2 aromatic rings. The summed E-state index contributed by atoms with van der Waals surface area (Å²) in [6, 6.07) is 15.2. The summed E-state index contributed by atoms with van der Waals surface area (Å²) in [5, 5.41) is 3.82. The number of amides is 2. The van der Waals surface area contributed by atoms with Crippen LogP contribution in [-0.4, -0.2) is 44.8 Å². The maximum Gasteiger partial charge on any atom is 0.255 e. The molecule has 1 fully saturated rings. The van der Waals surface area contributed by atoms with Crippen LogP contribution in [0, 0.1) is 0 Å². The van der Waals surface area contributed by atoms with Crippen LogP contribution in [-0.2, 0) is 14.8 Å². The molecule has 0 radical (unpaired) electrons. The molecule has 3 rings (SSSR count). The zero-order valence-electron chi connectivity index (χ0n) is 16.6. The second-order valence-corrected chi connectivity index (χ2v) is 8.60. The molecule has 2 aromatic carbocycles. The topological polar surface area (TPSA) is 95.6 Å². The van der Waals surface area contributed by atoms with Gasteiger partial charge in [-0.25, -0.2) is 8.42 Å². The fourth-order valence-electron chi connectivity index (χ4n) is 3.13. The molecule has 0 bridgehead atoms. The summed E-state index contributed by atoms with van der Waals surface area (Å²) < 4.78 is 26.8. The lowest BCUT2D eigenvalue weighted by molar-refractivity contribution is -0.129. The van der Waals surface area contributed by atoms with Gasteiger partial charge in [0.1, 0.15) is 0 Å². The third-order valence-corrected chi connectivity index (χ3v) is 5.74. The van der Waals surface area contributed by atoms with Gasteiger partial charge in [0.05, 0.1) is 5.41 Å². The van der Waals surface area contributed by atoms with Crippen LogP contribution >= 0.6 is 0 Å². The van der Waals surface area contributed by atoms with E-state index in [9.17, 15) is 18.0 Å². The summed E-state index contributed by atoms with van der Waals surface area (Å²) in [5.74, 6) is -0.247. The number of sulfonamides is 1. The highest BCUT2D eigenvalue weighted by Crippen LogP contribution is 2.13. The summed E-state index contributed by atoms with van der Waals surface area (Å²) >= 11 is 0. The maximum absolute atomic E-state index is 12.2. The molecule has 30 heavy (non-hydrogen) atoms. The number of nitrogens with one attached hydrogen (secondary N) is 2. The van der Waals surface area contributed by atoms with E-state index >= 15 is 0 Å². The first kappa shape index (κ1) is 21.6. The molecular formula is C22H25N3O4S. The SMILES string of the molecule is O=C(NCCC(=O)N1CCCC1)c1ccc(NS(=O)(=O)/C=C/c2ccccc2)cc1. The number of likely N-dealkylation sites (tertiary alicyclic amines) is 1. The van der Waals surface area contributed by atoms with E-state index in [1.54, 1.807) is 12.1 Å². The Balaban J connectivity index is 1.49. The summed E-state index contributed by atoms with van der Waals surface area (Å²) in [4.78, 5) is 26.0. The summed E-state index contributed by atoms with van der Waals surface area (Å²) in [6.45, 7) is 1.86. The molecule has 8 heteroatoms. The van der Waals surface area contributed by atoms with E-state index in [4.69, 9.17) is 0 Å². The van der Waals surface area contributed by atoms with Gasteiger partial charge in [-0.2, -0.15) is 0 Å². The Kier molecular flexibility index (Phi) is 7.24. The predicted octanol–water partition coefficient (Wildman–Crippen LogP) is 2.84. The standard InChI is InChI=1S/C22H25N3O4S/c26-21(25-15-4-5-16-25)12-14-23-22(27)19-8-10-20(11-9-19)24-30(28,29)17-13-18-6-2-1-3-7-18/h1-3,6-11,13,17,24H,4-5,12,14-16H2,(H,23,27)/b17-13+. The van der Waals surface area contributed by atoms with Gasteiger partial charge in [0.15, 0.2) is 0 Å². The monoisotopic (exact) mass is 427 g/mol. The number of carbonyl (C=O) groups excluding carboxylic acids is 2. The lowest BCUT2D eigenvalue weighted by Gasteiger charge is -2.15. The number of hydrogen-bond donors (Lipinski definition) is 2. The van der Waals surface area contributed by atoms with Crippen molar-refractivity contribution < 1.29 is 18.0 Å². The van der Waals surface area contributed by atoms with Gasteiger partial charge >= 0.3 is 0 Å². The normalized spacial score (nSPS) is 14.1. The van der Waals surface area contributed by atoms with Crippen molar-refractivity contribution in [3.05, 3.63) is 71.1 Å². The van der Waals surface area contributed by atoms with Crippen LogP contribution in [0.4, 0.5) is 5.69 Å². The van der Waals surface area contributed by atoms with E-state index in [2.05, 4.69) is 10.0 Å². The average molecular weight is 428 g/mol. The lowest BCUT2D eigenvalue weighted by Crippen LogP contribution is -2.32. The molecule has 0 atom stereocenters. The third-order valence-electron chi connectivity index (χ3n) is 4.73. The third kappa shape index (κ3) is 6.45. The molecule has 1 saturated heterocycles. The average Bonchev–Trinajstić information content (AvgIpc) is 3.28. The first-order chi connectivity index (χ1) is 14.4. The Morgan fingerprint density at radius 3 is 2.30 bits per heavy atom. The van der Waals surface area contributed by atoms with Gasteiger partial charge in [0.2, 0.25) is 5.91 Å². The minimum absolute atomic E-state index is 0.0566. The zero-order chi connectivity index (χ0) is 21.4. The Bertz CT molecular complexity index is 996. The van der Waals surface area contributed by atoms with Crippen molar-refractivity contribution in [3.8, 4) is 0 Å². The van der Waals surface area contributed by atoms with Crippen molar-refractivity contribution in [1.82, 2.24) is 10.2 Å². The molecule has 0 spiro atoms. The van der Waals surface area contributed by atoms with Crippen LogP contribution in [0.25, 0.3) is 6.08 Å². The van der Waals surface area contributed by atoms with E-state index in [-0.39, 0.29) is 24.8 Å². The van der Waals surface area contributed by atoms with Gasteiger partial charge in [-0.1, -0.05) is 30.3 Å². The van der Waals surface area contributed by atoms with Crippen molar-refractivity contribution in [2.24, 2.45) is 0 Å². The second kappa shape index (κ2) is 10.1. The van der Waals surface area contributed by atoms with Crippen LogP contribution in [0.2, 0.25) is 0 Å². The fourth-order valence-corrected chi connectivity index (χ4v) is 4.00. The molecule has 2 amide bonds. The quantitative estimate of drug-likeness (QED) is 0.677. The molecular weight excluding hydrogens is 402 g/mol. The largest absolute Gasteiger partial charge is 0.352 e. The van der Waals surface area contributed by atoms with Crippen LogP contribution in [0.5, 0.6) is 0 Å². The van der Waals surface area contributed by atoms with E-state index < -0.39 is 10.0 Å². The van der Waals surface area contributed by atoms with Crippen molar-refractivity contribution >= 4 is 33.6 Å². The first-order valence-corrected chi connectivity index (χ1v) is 11.4.